The predicted molar refractivity (Wildman–Crippen MR) is 87.6 cm³/mol. The van der Waals surface area contributed by atoms with E-state index in [0.717, 1.165) is 25.5 Å². The van der Waals surface area contributed by atoms with Gasteiger partial charge in [0.1, 0.15) is 0 Å². The number of sulfonamides is 1. The fourth-order valence-electron chi connectivity index (χ4n) is 3.30. The molecule has 0 aromatic heterocycles. The van der Waals surface area contributed by atoms with Crippen molar-refractivity contribution in [2.45, 2.75) is 53.5 Å². The maximum Gasteiger partial charge on any atom is 0.240 e. The van der Waals surface area contributed by atoms with Crippen molar-refractivity contribution < 1.29 is 21.6 Å². The van der Waals surface area contributed by atoms with Crippen molar-refractivity contribution in [3.63, 3.8) is 0 Å². The van der Waals surface area contributed by atoms with Crippen LogP contribution in [0.5, 0.6) is 0 Å². The summed E-state index contributed by atoms with van der Waals surface area (Å²) >= 11 is 0. The van der Waals surface area contributed by atoms with Gasteiger partial charge < -0.3 is 5.32 Å². The lowest BCUT2D eigenvalue weighted by Gasteiger charge is -2.50. The first-order chi connectivity index (χ1) is 11.1. The molecule has 1 unspecified atom stereocenters. The highest BCUT2D eigenvalue weighted by molar-refractivity contribution is 7.90. The SMILES string of the molecule is CS(=O)(=O)c1ccc(S(=O)(=O)NC2CCC(=O)NC23CCC3)cc1. The van der Waals surface area contributed by atoms with Gasteiger partial charge in [0.05, 0.1) is 15.3 Å². The summed E-state index contributed by atoms with van der Waals surface area (Å²) in [5.74, 6) is -0.0392. The van der Waals surface area contributed by atoms with E-state index in [1.807, 2.05) is 0 Å². The summed E-state index contributed by atoms with van der Waals surface area (Å²) in [6, 6.07) is 4.79. The van der Waals surface area contributed by atoms with Crippen LogP contribution in [0, 0.1) is 0 Å². The molecule has 2 aliphatic rings. The van der Waals surface area contributed by atoms with Gasteiger partial charge in [0.15, 0.2) is 9.84 Å². The van der Waals surface area contributed by atoms with Gasteiger partial charge in [-0.15, -0.1) is 0 Å². The van der Waals surface area contributed by atoms with Gasteiger partial charge in [0, 0.05) is 18.7 Å². The molecule has 1 heterocycles. The molecule has 9 heteroatoms. The second-order valence-corrected chi connectivity index (χ2v) is 10.2. The Balaban J connectivity index is 1.82. The minimum atomic E-state index is -3.78. The van der Waals surface area contributed by atoms with Gasteiger partial charge >= 0.3 is 0 Å². The first-order valence-electron chi connectivity index (χ1n) is 7.76. The third kappa shape index (κ3) is 3.20. The molecule has 1 atom stereocenters. The zero-order chi connectivity index (χ0) is 17.6. The molecule has 0 radical (unpaired) electrons. The summed E-state index contributed by atoms with van der Waals surface area (Å²) in [4.78, 5) is 11.7. The van der Waals surface area contributed by atoms with Crippen molar-refractivity contribution in [1.29, 1.82) is 0 Å². The van der Waals surface area contributed by atoms with Crippen LogP contribution in [0.4, 0.5) is 0 Å². The van der Waals surface area contributed by atoms with Crippen LogP contribution in [0.3, 0.4) is 0 Å². The minimum absolute atomic E-state index is 0.0151. The molecule has 1 aliphatic heterocycles. The van der Waals surface area contributed by atoms with E-state index in [2.05, 4.69) is 10.0 Å². The lowest BCUT2D eigenvalue weighted by atomic mass is 9.68. The normalized spacial score (nSPS) is 23.5. The zero-order valence-electron chi connectivity index (χ0n) is 13.3. The molecule has 132 valence electrons. The highest BCUT2D eigenvalue weighted by Crippen LogP contribution is 2.39. The summed E-state index contributed by atoms with van der Waals surface area (Å²) < 4.78 is 50.8. The number of hydrogen-bond acceptors (Lipinski definition) is 5. The van der Waals surface area contributed by atoms with Crippen molar-refractivity contribution in [3.05, 3.63) is 24.3 Å². The van der Waals surface area contributed by atoms with E-state index in [1.54, 1.807) is 0 Å². The van der Waals surface area contributed by atoms with Crippen LogP contribution in [0.25, 0.3) is 0 Å². The highest BCUT2D eigenvalue weighted by Gasteiger charge is 2.49. The Kier molecular flexibility index (Phi) is 4.21. The average molecular weight is 372 g/mol. The molecule has 3 rings (SSSR count). The van der Waals surface area contributed by atoms with Crippen LogP contribution in [-0.2, 0) is 24.7 Å². The topological polar surface area (TPSA) is 109 Å². The van der Waals surface area contributed by atoms with Crippen LogP contribution >= 0.6 is 0 Å². The molecule has 2 fully saturated rings. The van der Waals surface area contributed by atoms with Crippen LogP contribution in [0.2, 0.25) is 0 Å². The Morgan fingerprint density at radius 1 is 1.08 bits per heavy atom. The summed E-state index contributed by atoms with van der Waals surface area (Å²) in [5.41, 5.74) is -0.477. The van der Waals surface area contributed by atoms with E-state index >= 15 is 0 Å². The maximum absolute atomic E-state index is 12.6. The molecular weight excluding hydrogens is 352 g/mol. The van der Waals surface area contributed by atoms with E-state index in [0.29, 0.717) is 12.8 Å². The summed E-state index contributed by atoms with van der Waals surface area (Å²) in [5, 5.41) is 2.94. The number of rotatable bonds is 4. The lowest BCUT2D eigenvalue weighted by Crippen LogP contribution is -2.68. The fourth-order valence-corrected chi connectivity index (χ4v) is 5.28. The van der Waals surface area contributed by atoms with E-state index in [-0.39, 0.29) is 21.7 Å². The molecular formula is C15H20N2O5S2. The number of nitrogens with one attached hydrogen (secondary N) is 2. The molecule has 1 aromatic carbocycles. The largest absolute Gasteiger partial charge is 0.349 e. The molecule has 1 aromatic rings. The van der Waals surface area contributed by atoms with Gasteiger partial charge in [-0.2, -0.15) is 0 Å². The molecule has 7 nitrogen and oxygen atoms in total. The molecule has 0 bridgehead atoms. The van der Waals surface area contributed by atoms with Gasteiger partial charge in [-0.25, -0.2) is 21.6 Å². The summed E-state index contributed by atoms with van der Waals surface area (Å²) in [7, 11) is -7.16. The quantitative estimate of drug-likeness (QED) is 0.803. The average Bonchev–Trinajstić information content (AvgIpc) is 2.46. The van der Waals surface area contributed by atoms with Crippen LogP contribution in [0.15, 0.2) is 34.1 Å². The number of hydrogen-bond donors (Lipinski definition) is 2. The number of carbonyl (C=O) groups is 1. The third-order valence-corrected chi connectivity index (χ3v) is 7.44. The van der Waals surface area contributed by atoms with E-state index in [4.69, 9.17) is 0 Å². The van der Waals surface area contributed by atoms with Gasteiger partial charge in [0.2, 0.25) is 15.9 Å². The van der Waals surface area contributed by atoms with Gasteiger partial charge in [-0.1, -0.05) is 0 Å². The Morgan fingerprint density at radius 2 is 1.67 bits per heavy atom. The van der Waals surface area contributed by atoms with Gasteiger partial charge in [-0.05, 0) is 49.9 Å². The van der Waals surface area contributed by atoms with Crippen molar-refractivity contribution >= 4 is 25.8 Å². The highest BCUT2D eigenvalue weighted by atomic mass is 32.2. The van der Waals surface area contributed by atoms with Gasteiger partial charge in [-0.3, -0.25) is 4.79 Å². The maximum atomic E-state index is 12.6. The third-order valence-electron chi connectivity index (χ3n) is 4.82. The van der Waals surface area contributed by atoms with E-state index in [1.165, 1.54) is 24.3 Å². The van der Waals surface area contributed by atoms with Crippen LogP contribution < -0.4 is 10.0 Å². The molecule has 1 amide bonds. The van der Waals surface area contributed by atoms with E-state index in [9.17, 15) is 21.6 Å². The minimum Gasteiger partial charge on any atom is -0.349 e. The second-order valence-electron chi connectivity index (χ2n) is 6.51. The van der Waals surface area contributed by atoms with Gasteiger partial charge in [0.25, 0.3) is 0 Å². The summed E-state index contributed by atoms with van der Waals surface area (Å²) in [6.45, 7) is 0. The number of piperidine rings is 1. The van der Waals surface area contributed by atoms with Crippen LogP contribution in [-0.4, -0.2) is 40.6 Å². The molecule has 1 spiro atoms. The van der Waals surface area contributed by atoms with Crippen molar-refractivity contribution in [1.82, 2.24) is 10.0 Å². The van der Waals surface area contributed by atoms with Crippen molar-refractivity contribution in [3.8, 4) is 0 Å². The Bertz CT molecular complexity index is 856. The lowest BCUT2D eigenvalue weighted by molar-refractivity contribution is -0.127. The van der Waals surface area contributed by atoms with Crippen LogP contribution in [0.1, 0.15) is 32.1 Å². The number of benzene rings is 1. The Hall–Kier alpha value is -1.45. The number of carbonyl (C=O) groups excluding carboxylic acids is 1. The van der Waals surface area contributed by atoms with Crippen molar-refractivity contribution in [2.75, 3.05) is 6.26 Å². The van der Waals surface area contributed by atoms with Crippen molar-refractivity contribution in [2.24, 2.45) is 0 Å². The monoisotopic (exact) mass is 372 g/mol. The van der Waals surface area contributed by atoms with E-state index < -0.39 is 25.4 Å². The smallest absolute Gasteiger partial charge is 0.240 e. The molecule has 1 saturated heterocycles. The summed E-state index contributed by atoms with van der Waals surface area (Å²) in [6.07, 6.45) is 4.31. The standard InChI is InChI=1S/C15H20N2O5S2/c1-23(19,20)11-3-5-12(6-4-11)24(21,22)17-13-7-8-14(18)16-15(13)9-2-10-15/h3-6,13,17H,2,7-10H2,1H3,(H,16,18). The predicted octanol–water partition coefficient (Wildman–Crippen LogP) is 0.570. The second kappa shape index (κ2) is 5.82. The first-order valence-corrected chi connectivity index (χ1v) is 11.1. The molecule has 1 aliphatic carbocycles. The Morgan fingerprint density at radius 3 is 2.17 bits per heavy atom. The Labute approximate surface area is 141 Å². The molecule has 2 N–H and O–H groups in total. The first kappa shape index (κ1) is 17.4. The number of amides is 1. The number of sulfone groups is 1. The molecule has 1 saturated carbocycles. The zero-order valence-corrected chi connectivity index (χ0v) is 14.9. The molecule has 24 heavy (non-hydrogen) atoms. The fraction of sp³-hybridized carbons (Fsp3) is 0.533.